The summed E-state index contributed by atoms with van der Waals surface area (Å²) in [6, 6.07) is 3.07. The van der Waals surface area contributed by atoms with E-state index in [0.717, 1.165) is 18.2 Å². The molecule has 3 aromatic rings. The van der Waals surface area contributed by atoms with Gasteiger partial charge in [0.2, 0.25) is 5.28 Å². The lowest BCUT2D eigenvalue weighted by atomic mass is 10.3. The fourth-order valence-electron chi connectivity index (χ4n) is 1.71. The Morgan fingerprint density at radius 2 is 1.68 bits per heavy atom. The first-order chi connectivity index (χ1) is 9.04. The van der Waals surface area contributed by atoms with Gasteiger partial charge in [-0.2, -0.15) is 4.98 Å². The van der Waals surface area contributed by atoms with Crippen LogP contribution in [0.1, 0.15) is 0 Å². The van der Waals surface area contributed by atoms with Gasteiger partial charge in [0, 0.05) is 6.07 Å². The number of hydrogen-bond donors (Lipinski definition) is 0. The van der Waals surface area contributed by atoms with Gasteiger partial charge in [-0.1, -0.05) is 11.6 Å². The van der Waals surface area contributed by atoms with Crippen LogP contribution in [0.15, 0.2) is 24.5 Å². The van der Waals surface area contributed by atoms with Gasteiger partial charge in [0.25, 0.3) is 0 Å². The first-order valence-corrected chi connectivity index (χ1v) is 5.83. The molecule has 0 aliphatic carbocycles. The fraction of sp³-hybridized carbons (Fsp3) is 0. The SMILES string of the molecule is Fc1cc(F)cc(-n2cnc3c(Cl)nc(Cl)nc32)c1. The van der Waals surface area contributed by atoms with E-state index in [1.54, 1.807) is 0 Å². The average molecular weight is 301 g/mol. The normalized spacial score (nSPS) is 11.2. The van der Waals surface area contributed by atoms with Crippen molar-refractivity contribution in [2.24, 2.45) is 0 Å². The van der Waals surface area contributed by atoms with E-state index in [4.69, 9.17) is 23.2 Å². The summed E-state index contributed by atoms with van der Waals surface area (Å²) >= 11 is 11.6. The Labute approximate surface area is 115 Å². The summed E-state index contributed by atoms with van der Waals surface area (Å²) in [5.74, 6) is -1.41. The summed E-state index contributed by atoms with van der Waals surface area (Å²) in [5.41, 5.74) is 0.802. The van der Waals surface area contributed by atoms with Crippen LogP contribution in [0.4, 0.5) is 8.78 Å². The summed E-state index contributed by atoms with van der Waals surface area (Å²) in [6.07, 6.45) is 1.34. The molecule has 2 heterocycles. The first kappa shape index (κ1) is 12.3. The maximum atomic E-state index is 13.2. The minimum atomic E-state index is -0.705. The lowest BCUT2D eigenvalue weighted by molar-refractivity contribution is 0.582. The smallest absolute Gasteiger partial charge is 0.225 e. The van der Waals surface area contributed by atoms with Gasteiger partial charge in [0.05, 0.1) is 5.69 Å². The molecule has 0 atom stereocenters. The van der Waals surface area contributed by atoms with Crippen molar-refractivity contribution in [1.29, 1.82) is 0 Å². The summed E-state index contributed by atoms with van der Waals surface area (Å²) in [6.45, 7) is 0. The Morgan fingerprint density at radius 3 is 2.37 bits per heavy atom. The maximum Gasteiger partial charge on any atom is 0.225 e. The van der Waals surface area contributed by atoms with E-state index in [1.807, 2.05) is 0 Å². The fourth-order valence-corrected chi connectivity index (χ4v) is 2.13. The van der Waals surface area contributed by atoms with E-state index in [0.29, 0.717) is 5.52 Å². The highest BCUT2D eigenvalue weighted by Crippen LogP contribution is 2.23. The first-order valence-electron chi connectivity index (χ1n) is 5.07. The maximum absolute atomic E-state index is 13.2. The van der Waals surface area contributed by atoms with Crippen molar-refractivity contribution in [2.75, 3.05) is 0 Å². The minimum absolute atomic E-state index is 0.0730. The molecule has 3 rings (SSSR count). The molecule has 0 bridgehead atoms. The third kappa shape index (κ3) is 2.13. The second-order valence-corrected chi connectivity index (χ2v) is 4.39. The van der Waals surface area contributed by atoms with Crippen molar-refractivity contribution in [2.45, 2.75) is 0 Å². The zero-order valence-electron chi connectivity index (χ0n) is 9.11. The van der Waals surface area contributed by atoms with E-state index >= 15 is 0 Å². The van der Waals surface area contributed by atoms with Crippen LogP contribution in [0.2, 0.25) is 10.4 Å². The Balaban J connectivity index is 2.31. The van der Waals surface area contributed by atoms with Gasteiger partial charge < -0.3 is 0 Å². The van der Waals surface area contributed by atoms with Crippen LogP contribution in [0.5, 0.6) is 0 Å². The number of rotatable bonds is 1. The number of hydrogen-bond acceptors (Lipinski definition) is 3. The van der Waals surface area contributed by atoms with E-state index in [9.17, 15) is 8.78 Å². The third-order valence-electron chi connectivity index (χ3n) is 2.45. The molecule has 0 amide bonds. The lowest BCUT2D eigenvalue weighted by Gasteiger charge is -2.04. The Hall–Kier alpha value is -1.79. The summed E-state index contributed by atoms with van der Waals surface area (Å²) in [4.78, 5) is 11.7. The van der Waals surface area contributed by atoms with Crippen LogP contribution in [0, 0.1) is 11.6 Å². The number of fused-ring (bicyclic) bond motifs is 1. The second-order valence-electron chi connectivity index (χ2n) is 3.70. The molecule has 4 nitrogen and oxygen atoms in total. The zero-order chi connectivity index (χ0) is 13.6. The standard InChI is InChI=1S/C11H4Cl2F2N4/c12-9-8-10(18-11(13)17-9)19(4-16-8)7-2-5(14)1-6(15)3-7/h1-4H. The molecule has 96 valence electrons. The van der Waals surface area contributed by atoms with Crippen molar-refractivity contribution < 1.29 is 8.78 Å². The molecule has 0 unspecified atom stereocenters. The average Bonchev–Trinajstić information content (AvgIpc) is 2.71. The number of imidazole rings is 1. The largest absolute Gasteiger partial charge is 0.283 e. The van der Waals surface area contributed by atoms with Crippen LogP contribution >= 0.6 is 23.2 Å². The minimum Gasteiger partial charge on any atom is -0.283 e. The molecule has 0 N–H and O–H groups in total. The van der Waals surface area contributed by atoms with Gasteiger partial charge in [0.1, 0.15) is 23.5 Å². The van der Waals surface area contributed by atoms with E-state index in [-0.39, 0.29) is 21.8 Å². The van der Waals surface area contributed by atoms with E-state index < -0.39 is 11.6 Å². The number of halogens is 4. The van der Waals surface area contributed by atoms with Gasteiger partial charge in [-0.3, -0.25) is 4.57 Å². The monoisotopic (exact) mass is 300 g/mol. The Morgan fingerprint density at radius 1 is 1.00 bits per heavy atom. The molecule has 0 aliphatic rings. The van der Waals surface area contributed by atoms with Crippen molar-refractivity contribution in [3.63, 3.8) is 0 Å². The Kier molecular flexibility index (Phi) is 2.83. The molecule has 2 aromatic heterocycles. The van der Waals surface area contributed by atoms with Crippen molar-refractivity contribution in [3.05, 3.63) is 46.6 Å². The molecule has 1 aromatic carbocycles. The van der Waals surface area contributed by atoms with E-state index in [2.05, 4.69) is 15.0 Å². The molecular formula is C11H4Cl2F2N4. The topological polar surface area (TPSA) is 43.6 Å². The highest BCUT2D eigenvalue weighted by atomic mass is 35.5. The summed E-state index contributed by atoms with van der Waals surface area (Å²) in [7, 11) is 0. The number of nitrogens with zero attached hydrogens (tertiary/aromatic N) is 4. The van der Waals surface area contributed by atoms with Crippen molar-refractivity contribution in [1.82, 2.24) is 19.5 Å². The molecule has 0 radical (unpaired) electrons. The highest BCUT2D eigenvalue weighted by molar-refractivity contribution is 6.35. The predicted octanol–water partition coefficient (Wildman–Crippen LogP) is 3.40. The molecule has 0 spiro atoms. The predicted molar refractivity (Wildman–Crippen MR) is 66.6 cm³/mol. The lowest BCUT2D eigenvalue weighted by Crippen LogP contribution is -1.97. The van der Waals surface area contributed by atoms with Crippen LogP contribution in [0.3, 0.4) is 0 Å². The van der Waals surface area contributed by atoms with E-state index in [1.165, 1.54) is 10.9 Å². The molecule has 8 heteroatoms. The van der Waals surface area contributed by atoms with Crippen LogP contribution in [-0.4, -0.2) is 19.5 Å². The quantitative estimate of drug-likeness (QED) is 0.511. The van der Waals surface area contributed by atoms with Crippen LogP contribution < -0.4 is 0 Å². The molecular weight excluding hydrogens is 297 g/mol. The third-order valence-corrected chi connectivity index (χ3v) is 2.88. The van der Waals surface area contributed by atoms with Crippen LogP contribution in [-0.2, 0) is 0 Å². The molecule has 0 aliphatic heterocycles. The summed E-state index contributed by atoms with van der Waals surface area (Å²) in [5, 5.41) is 0.00162. The molecule has 19 heavy (non-hydrogen) atoms. The van der Waals surface area contributed by atoms with Gasteiger partial charge in [-0.05, 0) is 23.7 Å². The zero-order valence-corrected chi connectivity index (χ0v) is 10.6. The van der Waals surface area contributed by atoms with Gasteiger partial charge in [-0.15, -0.1) is 0 Å². The summed E-state index contributed by atoms with van der Waals surface area (Å²) < 4.78 is 27.8. The molecule has 0 saturated heterocycles. The van der Waals surface area contributed by atoms with Gasteiger partial charge in [0.15, 0.2) is 10.8 Å². The van der Waals surface area contributed by atoms with Crippen molar-refractivity contribution in [3.8, 4) is 5.69 Å². The molecule has 0 saturated carbocycles. The molecule has 0 fully saturated rings. The highest BCUT2D eigenvalue weighted by Gasteiger charge is 2.13. The van der Waals surface area contributed by atoms with Crippen LogP contribution in [0.25, 0.3) is 16.9 Å². The van der Waals surface area contributed by atoms with Crippen molar-refractivity contribution >= 4 is 34.4 Å². The number of aromatic nitrogens is 4. The van der Waals surface area contributed by atoms with Gasteiger partial charge in [-0.25, -0.2) is 18.7 Å². The Bertz CT molecular complexity index is 767. The second kappa shape index (κ2) is 4.40. The number of benzene rings is 1. The van der Waals surface area contributed by atoms with Gasteiger partial charge >= 0.3 is 0 Å².